The molecule has 0 radical (unpaired) electrons. The molecule has 1 aliphatic rings. The lowest BCUT2D eigenvalue weighted by atomic mass is 9.91. The second-order valence-electron chi connectivity index (χ2n) is 4.11. The molecule has 0 bridgehead atoms. The number of rotatable bonds is 4. The molecule has 2 heterocycles. The molecule has 84 valence electrons. The molecular formula is C11H19N3O. The Morgan fingerprint density at radius 2 is 2.67 bits per heavy atom. The van der Waals surface area contributed by atoms with Gasteiger partial charge in [0.2, 0.25) is 0 Å². The van der Waals surface area contributed by atoms with E-state index in [1.807, 2.05) is 13.2 Å². The van der Waals surface area contributed by atoms with Gasteiger partial charge in [0.1, 0.15) is 5.82 Å². The Hall–Kier alpha value is -0.870. The highest BCUT2D eigenvalue weighted by atomic mass is 16.5. The summed E-state index contributed by atoms with van der Waals surface area (Å²) in [7, 11) is 2.02. The van der Waals surface area contributed by atoms with E-state index in [-0.39, 0.29) is 0 Å². The molecule has 0 saturated carbocycles. The smallest absolute Gasteiger partial charge is 0.107 e. The lowest BCUT2D eigenvalue weighted by Gasteiger charge is -2.29. The molecule has 0 aliphatic carbocycles. The number of aromatic nitrogens is 2. The van der Waals surface area contributed by atoms with Crippen LogP contribution in [0.3, 0.4) is 0 Å². The first-order valence-corrected chi connectivity index (χ1v) is 5.63. The van der Waals surface area contributed by atoms with E-state index in [0.29, 0.717) is 12.0 Å². The summed E-state index contributed by atoms with van der Waals surface area (Å²) in [5.41, 5.74) is 0. The minimum Gasteiger partial charge on any atom is -0.381 e. The number of H-pyrrole nitrogens is 1. The minimum atomic E-state index is 0.469. The third kappa shape index (κ3) is 2.79. The third-order valence-corrected chi connectivity index (χ3v) is 3.10. The molecule has 0 aromatic carbocycles. The van der Waals surface area contributed by atoms with Gasteiger partial charge in [-0.2, -0.15) is 0 Å². The van der Waals surface area contributed by atoms with Crippen molar-refractivity contribution in [2.45, 2.75) is 25.3 Å². The number of imidazole rings is 1. The predicted molar refractivity (Wildman–Crippen MR) is 58.7 cm³/mol. The van der Waals surface area contributed by atoms with Crippen molar-refractivity contribution in [3.63, 3.8) is 0 Å². The van der Waals surface area contributed by atoms with E-state index in [4.69, 9.17) is 4.74 Å². The van der Waals surface area contributed by atoms with Crippen LogP contribution in [0.25, 0.3) is 0 Å². The Labute approximate surface area is 90.4 Å². The molecular weight excluding hydrogens is 190 g/mol. The van der Waals surface area contributed by atoms with Crippen molar-refractivity contribution in [1.29, 1.82) is 0 Å². The molecule has 1 aromatic rings. The Morgan fingerprint density at radius 3 is 3.27 bits per heavy atom. The number of aromatic amines is 1. The number of ether oxygens (including phenoxy) is 1. The summed E-state index contributed by atoms with van der Waals surface area (Å²) in [5.74, 6) is 1.67. The first kappa shape index (κ1) is 10.6. The second kappa shape index (κ2) is 5.28. The zero-order valence-corrected chi connectivity index (χ0v) is 9.20. The van der Waals surface area contributed by atoms with Gasteiger partial charge in [0, 0.05) is 31.5 Å². The molecule has 1 fully saturated rings. The topological polar surface area (TPSA) is 49.9 Å². The van der Waals surface area contributed by atoms with Crippen LogP contribution in [-0.4, -0.2) is 36.3 Å². The molecule has 4 heteroatoms. The van der Waals surface area contributed by atoms with E-state index in [1.165, 1.54) is 12.8 Å². The summed E-state index contributed by atoms with van der Waals surface area (Å²) in [6.45, 7) is 1.81. The molecule has 1 aromatic heterocycles. The van der Waals surface area contributed by atoms with E-state index in [0.717, 1.165) is 25.5 Å². The van der Waals surface area contributed by atoms with Crippen LogP contribution < -0.4 is 5.32 Å². The maximum atomic E-state index is 5.51. The molecule has 0 spiro atoms. The fraction of sp³-hybridized carbons (Fsp3) is 0.727. The molecule has 2 rings (SSSR count). The number of nitrogens with one attached hydrogen (secondary N) is 2. The fourth-order valence-electron chi connectivity index (χ4n) is 2.21. The van der Waals surface area contributed by atoms with Crippen molar-refractivity contribution in [2.75, 3.05) is 20.3 Å². The largest absolute Gasteiger partial charge is 0.381 e. The number of nitrogens with zero attached hydrogens (tertiary/aromatic N) is 1. The van der Waals surface area contributed by atoms with Crippen molar-refractivity contribution in [3.05, 3.63) is 18.2 Å². The summed E-state index contributed by atoms with van der Waals surface area (Å²) in [4.78, 5) is 7.41. The third-order valence-electron chi connectivity index (χ3n) is 3.10. The summed E-state index contributed by atoms with van der Waals surface area (Å²) < 4.78 is 5.51. The summed E-state index contributed by atoms with van der Waals surface area (Å²) in [5, 5.41) is 3.37. The summed E-state index contributed by atoms with van der Waals surface area (Å²) in [6.07, 6.45) is 7.07. The average Bonchev–Trinajstić information content (AvgIpc) is 2.80. The Morgan fingerprint density at radius 1 is 1.73 bits per heavy atom. The van der Waals surface area contributed by atoms with Gasteiger partial charge in [0.15, 0.2) is 0 Å². The monoisotopic (exact) mass is 209 g/mol. The fourth-order valence-corrected chi connectivity index (χ4v) is 2.21. The highest BCUT2D eigenvalue weighted by Crippen LogP contribution is 2.19. The summed E-state index contributed by atoms with van der Waals surface area (Å²) >= 11 is 0. The maximum Gasteiger partial charge on any atom is 0.107 e. The van der Waals surface area contributed by atoms with Crippen LogP contribution >= 0.6 is 0 Å². The van der Waals surface area contributed by atoms with Gasteiger partial charge >= 0.3 is 0 Å². The van der Waals surface area contributed by atoms with Gasteiger partial charge in [0.25, 0.3) is 0 Å². The van der Waals surface area contributed by atoms with Gasteiger partial charge in [-0.15, -0.1) is 0 Å². The normalized spacial score (nSPS) is 23.9. The Bertz CT molecular complexity index is 267. The molecule has 2 N–H and O–H groups in total. The molecule has 1 saturated heterocycles. The number of hydrogen-bond donors (Lipinski definition) is 2. The van der Waals surface area contributed by atoms with E-state index in [2.05, 4.69) is 15.3 Å². The first-order chi connectivity index (χ1) is 7.40. The van der Waals surface area contributed by atoms with Crippen molar-refractivity contribution in [2.24, 2.45) is 5.92 Å². The zero-order chi connectivity index (χ0) is 10.5. The van der Waals surface area contributed by atoms with E-state index < -0.39 is 0 Å². The van der Waals surface area contributed by atoms with Crippen LogP contribution in [-0.2, 0) is 11.2 Å². The van der Waals surface area contributed by atoms with Gasteiger partial charge in [-0.05, 0) is 25.8 Å². The summed E-state index contributed by atoms with van der Waals surface area (Å²) in [6, 6.07) is 0.469. The molecule has 4 nitrogen and oxygen atoms in total. The molecule has 0 amide bonds. The van der Waals surface area contributed by atoms with Crippen LogP contribution in [0.1, 0.15) is 18.7 Å². The van der Waals surface area contributed by atoms with Crippen molar-refractivity contribution in [3.8, 4) is 0 Å². The lowest BCUT2D eigenvalue weighted by molar-refractivity contribution is 0.0402. The average molecular weight is 209 g/mol. The van der Waals surface area contributed by atoms with Gasteiger partial charge in [-0.1, -0.05) is 0 Å². The minimum absolute atomic E-state index is 0.469. The van der Waals surface area contributed by atoms with Crippen LogP contribution in [0.4, 0.5) is 0 Å². The van der Waals surface area contributed by atoms with Gasteiger partial charge < -0.3 is 15.0 Å². The van der Waals surface area contributed by atoms with Crippen molar-refractivity contribution in [1.82, 2.24) is 15.3 Å². The van der Waals surface area contributed by atoms with Crippen molar-refractivity contribution < 1.29 is 4.74 Å². The van der Waals surface area contributed by atoms with Crippen LogP contribution in [0.5, 0.6) is 0 Å². The lowest BCUT2D eigenvalue weighted by Crippen LogP contribution is -2.40. The van der Waals surface area contributed by atoms with Gasteiger partial charge in [-0.3, -0.25) is 0 Å². The molecule has 1 aliphatic heterocycles. The molecule has 2 unspecified atom stereocenters. The number of hydrogen-bond acceptors (Lipinski definition) is 3. The SMILES string of the molecule is CNC(Cc1ncc[nH]1)C1CCCOC1. The highest BCUT2D eigenvalue weighted by Gasteiger charge is 2.23. The van der Waals surface area contributed by atoms with Crippen LogP contribution in [0.2, 0.25) is 0 Å². The van der Waals surface area contributed by atoms with E-state index in [9.17, 15) is 0 Å². The molecule has 2 atom stereocenters. The maximum absolute atomic E-state index is 5.51. The highest BCUT2D eigenvalue weighted by molar-refractivity contribution is 4.93. The van der Waals surface area contributed by atoms with E-state index in [1.54, 1.807) is 6.20 Å². The standard InChI is InChI=1S/C11H19N3O/c1-12-10(7-11-13-4-5-14-11)9-3-2-6-15-8-9/h4-5,9-10,12H,2-3,6-8H2,1H3,(H,13,14). The zero-order valence-electron chi connectivity index (χ0n) is 9.20. The first-order valence-electron chi connectivity index (χ1n) is 5.63. The molecule has 15 heavy (non-hydrogen) atoms. The van der Waals surface area contributed by atoms with Gasteiger partial charge in [0.05, 0.1) is 6.61 Å². The number of likely N-dealkylation sites (N-methyl/N-ethyl adjacent to an activating group) is 1. The van der Waals surface area contributed by atoms with Crippen molar-refractivity contribution >= 4 is 0 Å². The Balaban J connectivity index is 1.91. The second-order valence-corrected chi connectivity index (χ2v) is 4.11. The quantitative estimate of drug-likeness (QED) is 0.776. The predicted octanol–water partition coefficient (Wildman–Crippen LogP) is 0.967. The van der Waals surface area contributed by atoms with Gasteiger partial charge in [-0.25, -0.2) is 4.98 Å². The Kier molecular flexibility index (Phi) is 3.75. The van der Waals surface area contributed by atoms with Crippen LogP contribution in [0, 0.1) is 5.92 Å². The van der Waals surface area contributed by atoms with E-state index >= 15 is 0 Å². The van der Waals surface area contributed by atoms with Crippen LogP contribution in [0.15, 0.2) is 12.4 Å².